The Morgan fingerprint density at radius 1 is 1.86 bits per heavy atom. The molecule has 0 amide bonds. The summed E-state index contributed by atoms with van der Waals surface area (Å²) in [5.74, 6) is 2.00. The fourth-order valence-corrected chi connectivity index (χ4v) is 0.536. The predicted molar refractivity (Wildman–Crippen MR) is 32.8 cm³/mol. The first-order valence-electron chi connectivity index (χ1n) is 2.34. The van der Waals surface area contributed by atoms with E-state index in [4.69, 9.17) is 5.73 Å². The van der Waals surface area contributed by atoms with Crippen molar-refractivity contribution in [2.45, 2.75) is 0 Å². The summed E-state index contributed by atoms with van der Waals surface area (Å²) in [5, 5.41) is 0. The van der Waals surface area contributed by atoms with Crippen LogP contribution in [-0.2, 0) is 0 Å². The normalized spacial score (nSPS) is 16.4. The number of hydrogen-bond donors (Lipinski definition) is 1. The molecule has 0 unspecified atom stereocenters. The van der Waals surface area contributed by atoms with Crippen molar-refractivity contribution in [3.63, 3.8) is 0 Å². The Morgan fingerprint density at radius 3 is 3.00 bits per heavy atom. The van der Waals surface area contributed by atoms with Crippen molar-refractivity contribution in [3.8, 4) is 0 Å². The number of rotatable bonds is 1. The van der Waals surface area contributed by atoms with Gasteiger partial charge in [-0.15, -0.1) is 0 Å². The lowest BCUT2D eigenvalue weighted by Crippen LogP contribution is -2.16. The van der Waals surface area contributed by atoms with Gasteiger partial charge >= 0.3 is 0 Å². The number of aliphatic imine (C=N–C) groups is 1. The van der Waals surface area contributed by atoms with E-state index in [1.807, 2.05) is 5.98 Å². The molecule has 0 bridgehead atoms. The lowest BCUT2D eigenvalue weighted by atomic mass is 9.74. The molecule has 0 saturated carbocycles. The van der Waals surface area contributed by atoms with Crippen LogP contribution in [0.5, 0.6) is 0 Å². The van der Waals surface area contributed by atoms with E-state index in [1.54, 1.807) is 6.20 Å². The molecule has 0 aromatic rings. The molecule has 2 N–H and O–H groups in total. The molecule has 36 valence electrons. The fraction of sp³-hybridized carbons (Fsp3) is 0.250. The van der Waals surface area contributed by atoms with E-state index in [9.17, 15) is 0 Å². The fourth-order valence-electron chi connectivity index (χ4n) is 0.536. The first-order chi connectivity index (χ1) is 3.43. The van der Waals surface area contributed by atoms with E-state index in [1.165, 1.54) is 0 Å². The summed E-state index contributed by atoms with van der Waals surface area (Å²) in [4.78, 5) is 3.97. The lowest BCUT2D eigenvalue weighted by molar-refractivity contribution is 1.32. The Balaban J connectivity index is 2.45. The third kappa shape index (κ3) is 0.901. The molecule has 0 aromatic heterocycles. The summed E-state index contributed by atoms with van der Waals surface area (Å²) in [6.07, 6.45) is 1.79. The van der Waals surface area contributed by atoms with Gasteiger partial charge in [-0.2, -0.15) is 0 Å². The summed E-state index contributed by atoms with van der Waals surface area (Å²) in [6.45, 7) is 0.604. The van der Waals surface area contributed by atoms with Crippen molar-refractivity contribution in [1.29, 1.82) is 0 Å². The van der Waals surface area contributed by atoms with E-state index in [2.05, 4.69) is 4.99 Å². The predicted octanol–water partition coefficient (Wildman–Crippen LogP) is -0.735. The second-order valence-electron chi connectivity index (χ2n) is 1.49. The minimum atomic E-state index is 0.604. The van der Waals surface area contributed by atoms with Gasteiger partial charge in [0.05, 0.1) is 0 Å². The van der Waals surface area contributed by atoms with Crippen LogP contribution in [0.3, 0.4) is 0 Å². The molecule has 0 aliphatic carbocycles. The van der Waals surface area contributed by atoms with Crippen LogP contribution in [0.25, 0.3) is 0 Å². The quantitative estimate of drug-likeness (QED) is 0.427. The van der Waals surface area contributed by atoms with Crippen LogP contribution in [0.15, 0.2) is 17.2 Å². The van der Waals surface area contributed by atoms with Gasteiger partial charge in [-0.25, -0.2) is 0 Å². The zero-order chi connectivity index (χ0) is 5.11. The van der Waals surface area contributed by atoms with Gasteiger partial charge in [0, 0.05) is 12.7 Å². The zero-order valence-corrected chi connectivity index (χ0v) is 4.09. The Morgan fingerprint density at radius 2 is 2.71 bits per heavy atom. The largest absolute Gasteiger partial charge is 0.326 e. The molecular weight excluding hydrogens is 86.9 g/mol. The molecule has 1 rings (SSSR count). The molecule has 1 aliphatic rings. The minimum Gasteiger partial charge on any atom is -0.326 e. The minimum absolute atomic E-state index is 0.604. The van der Waals surface area contributed by atoms with Gasteiger partial charge in [-0.3, -0.25) is 4.99 Å². The molecular formula is C4H7BN2. The highest BCUT2D eigenvalue weighted by Crippen LogP contribution is 1.86. The maximum absolute atomic E-state index is 5.26. The Bertz CT molecular complexity index is 117. The van der Waals surface area contributed by atoms with Crippen molar-refractivity contribution in [1.82, 2.24) is 0 Å². The first kappa shape index (κ1) is 4.59. The second kappa shape index (κ2) is 1.93. The van der Waals surface area contributed by atoms with Gasteiger partial charge in [0.25, 0.3) is 0 Å². The van der Waals surface area contributed by atoms with Gasteiger partial charge in [-0.1, -0.05) is 5.98 Å². The summed E-state index contributed by atoms with van der Waals surface area (Å²) >= 11 is 0. The smallest absolute Gasteiger partial charge is 0.205 e. The molecule has 3 heteroatoms. The van der Waals surface area contributed by atoms with E-state index in [0.29, 0.717) is 6.54 Å². The van der Waals surface area contributed by atoms with Gasteiger partial charge in [0.15, 0.2) is 0 Å². The lowest BCUT2D eigenvalue weighted by Gasteiger charge is -1.85. The zero-order valence-electron chi connectivity index (χ0n) is 4.09. The number of hydrogen-bond acceptors (Lipinski definition) is 2. The number of nitrogens with zero attached hydrogens (tertiary/aromatic N) is 1. The van der Waals surface area contributed by atoms with E-state index < -0.39 is 0 Å². The van der Waals surface area contributed by atoms with Gasteiger partial charge in [0.1, 0.15) is 0 Å². The van der Waals surface area contributed by atoms with Crippen LogP contribution in [0, 0.1) is 0 Å². The Hall–Kier alpha value is -0.565. The highest BCUT2D eigenvalue weighted by atomic mass is 14.7. The molecule has 0 spiro atoms. The van der Waals surface area contributed by atoms with Gasteiger partial charge < -0.3 is 5.73 Å². The van der Waals surface area contributed by atoms with Gasteiger partial charge in [0.2, 0.25) is 7.28 Å². The van der Waals surface area contributed by atoms with Crippen LogP contribution >= 0.6 is 0 Å². The van der Waals surface area contributed by atoms with Crippen LogP contribution in [-0.4, -0.2) is 19.4 Å². The van der Waals surface area contributed by atoms with Crippen LogP contribution in [0.2, 0.25) is 0 Å². The monoisotopic (exact) mass is 94.1 g/mol. The van der Waals surface area contributed by atoms with E-state index in [-0.39, 0.29) is 0 Å². The number of nitrogens with two attached hydrogens (primary N) is 1. The molecule has 0 radical (unpaired) electrons. The summed E-state index contributed by atoms with van der Waals surface area (Å²) in [5.41, 5.74) is 6.35. The Labute approximate surface area is 43.4 Å². The molecule has 0 atom stereocenters. The third-order valence-electron chi connectivity index (χ3n) is 0.952. The van der Waals surface area contributed by atoms with Gasteiger partial charge in [-0.05, 0) is 5.61 Å². The third-order valence-corrected chi connectivity index (χ3v) is 0.952. The van der Waals surface area contributed by atoms with Crippen molar-refractivity contribution in [2.24, 2.45) is 10.7 Å². The average Bonchev–Trinajstić information content (AvgIpc) is 2.14. The summed E-state index contributed by atoms with van der Waals surface area (Å²) in [6, 6.07) is 0. The molecule has 0 fully saturated rings. The standard InChI is InChI=1S/C4H7BN2/c6-3-4-5-1-2-7-4/h1-2,5H,3,6H2. The molecule has 2 nitrogen and oxygen atoms in total. The SMILES string of the molecule is NCC1=NC=CB1. The molecule has 7 heavy (non-hydrogen) atoms. The molecule has 0 saturated heterocycles. The van der Waals surface area contributed by atoms with Crippen LogP contribution in [0.4, 0.5) is 0 Å². The highest BCUT2D eigenvalue weighted by Gasteiger charge is 1.97. The molecule has 0 aromatic carbocycles. The van der Waals surface area contributed by atoms with E-state index in [0.717, 1.165) is 12.9 Å². The molecule has 1 heterocycles. The maximum atomic E-state index is 5.26. The van der Waals surface area contributed by atoms with Crippen molar-refractivity contribution >= 4 is 12.9 Å². The average molecular weight is 93.9 g/mol. The molecule has 1 aliphatic heterocycles. The summed E-state index contributed by atoms with van der Waals surface area (Å²) < 4.78 is 0. The maximum Gasteiger partial charge on any atom is 0.205 e. The Kier molecular flexibility index (Phi) is 1.27. The van der Waals surface area contributed by atoms with Crippen molar-refractivity contribution in [2.75, 3.05) is 6.54 Å². The first-order valence-corrected chi connectivity index (χ1v) is 2.34. The highest BCUT2D eigenvalue weighted by molar-refractivity contribution is 6.80. The van der Waals surface area contributed by atoms with Crippen molar-refractivity contribution in [3.05, 3.63) is 12.2 Å². The topological polar surface area (TPSA) is 38.4 Å². The van der Waals surface area contributed by atoms with E-state index >= 15 is 0 Å². The van der Waals surface area contributed by atoms with Crippen LogP contribution in [0.1, 0.15) is 0 Å². The van der Waals surface area contributed by atoms with Crippen LogP contribution < -0.4 is 5.73 Å². The second-order valence-corrected chi connectivity index (χ2v) is 1.49. The van der Waals surface area contributed by atoms with Crippen molar-refractivity contribution < 1.29 is 0 Å². The summed E-state index contributed by atoms with van der Waals surface area (Å²) in [7, 11) is 0.955.